The Morgan fingerprint density at radius 2 is 2.24 bits per heavy atom. The van der Waals surface area contributed by atoms with Gasteiger partial charge in [0.2, 0.25) is 5.91 Å². The molecular weight excluding hydrogens is 214 g/mol. The Morgan fingerprint density at radius 1 is 1.47 bits per heavy atom. The summed E-state index contributed by atoms with van der Waals surface area (Å²) in [6, 6.07) is 0.554. The highest BCUT2D eigenvalue weighted by Gasteiger charge is 2.26. The molecule has 2 N–H and O–H groups in total. The average Bonchev–Trinajstić information content (AvgIpc) is 2.35. The maximum atomic E-state index is 11.9. The minimum absolute atomic E-state index is 0.00278. The Bertz CT molecular complexity index is 231. The lowest BCUT2D eigenvalue weighted by atomic mass is 10.0. The predicted octanol–water partition coefficient (Wildman–Crippen LogP) is 0.975. The van der Waals surface area contributed by atoms with Crippen LogP contribution < -0.4 is 10.6 Å². The monoisotopic (exact) mass is 241 g/mol. The summed E-state index contributed by atoms with van der Waals surface area (Å²) >= 11 is 0. The second kappa shape index (κ2) is 7.67. The number of nitrogens with one attached hydrogen (secondary N) is 2. The minimum Gasteiger partial charge on any atom is -0.355 e. The molecule has 4 heteroatoms. The van der Waals surface area contributed by atoms with E-state index in [1.54, 1.807) is 0 Å². The maximum Gasteiger partial charge on any atom is 0.237 e. The van der Waals surface area contributed by atoms with Gasteiger partial charge in [0.05, 0.1) is 6.04 Å². The zero-order valence-electron chi connectivity index (χ0n) is 11.5. The second-order valence-corrected chi connectivity index (χ2v) is 4.86. The van der Waals surface area contributed by atoms with Gasteiger partial charge in [-0.05, 0) is 39.3 Å². The van der Waals surface area contributed by atoms with Crippen LogP contribution in [0.2, 0.25) is 0 Å². The van der Waals surface area contributed by atoms with Crippen LogP contribution in [0.5, 0.6) is 0 Å². The van der Waals surface area contributed by atoms with E-state index in [0.717, 1.165) is 32.6 Å². The molecule has 2 atom stereocenters. The summed E-state index contributed by atoms with van der Waals surface area (Å²) in [4.78, 5) is 14.2. The molecule has 0 radical (unpaired) electrons. The van der Waals surface area contributed by atoms with E-state index in [9.17, 15) is 4.79 Å². The van der Waals surface area contributed by atoms with Gasteiger partial charge in [0.25, 0.3) is 0 Å². The number of carbonyl (C=O) groups excluding carboxylic acids is 1. The van der Waals surface area contributed by atoms with Crippen LogP contribution in [-0.2, 0) is 4.79 Å². The molecule has 0 aromatic rings. The number of hydrogen-bond acceptors (Lipinski definition) is 3. The van der Waals surface area contributed by atoms with Crippen LogP contribution in [-0.4, -0.2) is 49.1 Å². The fourth-order valence-electron chi connectivity index (χ4n) is 2.38. The molecule has 100 valence electrons. The van der Waals surface area contributed by atoms with E-state index in [1.165, 1.54) is 12.8 Å². The van der Waals surface area contributed by atoms with Crippen molar-refractivity contribution >= 4 is 5.91 Å². The molecule has 2 unspecified atom stereocenters. The highest BCUT2D eigenvalue weighted by Crippen LogP contribution is 2.13. The van der Waals surface area contributed by atoms with Gasteiger partial charge in [0.15, 0.2) is 0 Å². The zero-order chi connectivity index (χ0) is 12.7. The molecule has 0 aromatic heterocycles. The third kappa shape index (κ3) is 4.64. The van der Waals surface area contributed by atoms with Crippen molar-refractivity contribution in [3.05, 3.63) is 0 Å². The van der Waals surface area contributed by atoms with Crippen molar-refractivity contribution in [2.45, 2.75) is 52.1 Å². The van der Waals surface area contributed by atoms with Gasteiger partial charge in [-0.15, -0.1) is 0 Å². The molecule has 1 amide bonds. The third-order valence-electron chi connectivity index (χ3n) is 3.42. The summed E-state index contributed by atoms with van der Waals surface area (Å²) in [7, 11) is 0. The first kappa shape index (κ1) is 14.5. The number of piperidine rings is 1. The lowest BCUT2D eigenvalue weighted by Gasteiger charge is -2.36. The molecule has 1 saturated heterocycles. The van der Waals surface area contributed by atoms with E-state index in [1.807, 2.05) is 6.92 Å². The number of nitrogens with zero attached hydrogens (tertiary/aromatic N) is 1. The van der Waals surface area contributed by atoms with Gasteiger partial charge < -0.3 is 10.6 Å². The molecule has 17 heavy (non-hydrogen) atoms. The molecule has 1 fully saturated rings. The van der Waals surface area contributed by atoms with E-state index < -0.39 is 0 Å². The van der Waals surface area contributed by atoms with E-state index in [-0.39, 0.29) is 11.9 Å². The van der Waals surface area contributed by atoms with Gasteiger partial charge in [0, 0.05) is 19.1 Å². The maximum absolute atomic E-state index is 11.9. The first-order valence-corrected chi connectivity index (χ1v) is 6.94. The smallest absolute Gasteiger partial charge is 0.237 e. The Labute approximate surface area is 105 Å². The van der Waals surface area contributed by atoms with Crippen molar-refractivity contribution in [2.24, 2.45) is 0 Å². The minimum atomic E-state index is 0.00278. The van der Waals surface area contributed by atoms with Crippen LogP contribution in [0.4, 0.5) is 0 Å². The molecular formula is C13H27N3O. The molecule has 1 aliphatic rings. The topological polar surface area (TPSA) is 44.4 Å². The van der Waals surface area contributed by atoms with Gasteiger partial charge in [-0.3, -0.25) is 9.69 Å². The number of likely N-dealkylation sites (N-methyl/N-ethyl adjacent to an activating group) is 1. The summed E-state index contributed by atoms with van der Waals surface area (Å²) in [6.45, 7) is 10.1. The second-order valence-electron chi connectivity index (χ2n) is 4.86. The van der Waals surface area contributed by atoms with Crippen molar-refractivity contribution in [3.8, 4) is 0 Å². The molecule has 1 aliphatic heterocycles. The van der Waals surface area contributed by atoms with Crippen molar-refractivity contribution in [1.29, 1.82) is 0 Å². The number of rotatable bonds is 6. The van der Waals surface area contributed by atoms with Gasteiger partial charge >= 0.3 is 0 Å². The molecule has 0 aromatic carbocycles. The van der Waals surface area contributed by atoms with Gasteiger partial charge in [-0.1, -0.05) is 13.8 Å². The average molecular weight is 241 g/mol. The van der Waals surface area contributed by atoms with E-state index in [4.69, 9.17) is 0 Å². The summed E-state index contributed by atoms with van der Waals surface area (Å²) < 4.78 is 0. The summed E-state index contributed by atoms with van der Waals surface area (Å²) in [5, 5.41) is 6.45. The Balaban J connectivity index is 2.39. The quantitative estimate of drug-likeness (QED) is 0.728. The third-order valence-corrected chi connectivity index (χ3v) is 3.42. The van der Waals surface area contributed by atoms with Crippen molar-refractivity contribution < 1.29 is 4.79 Å². The van der Waals surface area contributed by atoms with Crippen LogP contribution in [0.25, 0.3) is 0 Å². The highest BCUT2D eigenvalue weighted by molar-refractivity contribution is 5.81. The normalized spacial score (nSPS) is 23.4. The molecule has 0 spiro atoms. The fourth-order valence-corrected chi connectivity index (χ4v) is 2.38. The number of amides is 1. The lowest BCUT2D eigenvalue weighted by molar-refractivity contribution is -0.126. The Hall–Kier alpha value is -0.610. The van der Waals surface area contributed by atoms with Crippen LogP contribution in [0.15, 0.2) is 0 Å². The summed E-state index contributed by atoms with van der Waals surface area (Å²) in [5.74, 6) is 0.170. The predicted molar refractivity (Wildman–Crippen MR) is 71.0 cm³/mol. The van der Waals surface area contributed by atoms with Crippen LogP contribution in [0.1, 0.15) is 40.0 Å². The van der Waals surface area contributed by atoms with Crippen LogP contribution in [0.3, 0.4) is 0 Å². The van der Waals surface area contributed by atoms with Gasteiger partial charge in [-0.25, -0.2) is 0 Å². The van der Waals surface area contributed by atoms with Crippen molar-refractivity contribution in [2.75, 3.05) is 26.2 Å². The van der Waals surface area contributed by atoms with Gasteiger partial charge in [0.1, 0.15) is 0 Å². The first-order valence-electron chi connectivity index (χ1n) is 6.94. The highest BCUT2D eigenvalue weighted by atomic mass is 16.2. The molecule has 0 saturated carbocycles. The van der Waals surface area contributed by atoms with Crippen molar-refractivity contribution in [3.63, 3.8) is 0 Å². The standard InChI is InChI=1S/C13H27N3O/c1-4-8-15-13(17)11(3)16-9-6-7-12(10-16)14-5-2/h11-12,14H,4-10H2,1-3H3,(H,15,17). The SMILES string of the molecule is CCCNC(=O)C(C)N1CCCC(NCC)C1. The van der Waals surface area contributed by atoms with E-state index in [0.29, 0.717) is 6.04 Å². The Kier molecular flexibility index (Phi) is 6.52. The molecule has 4 nitrogen and oxygen atoms in total. The molecule has 0 aliphatic carbocycles. The molecule has 0 bridgehead atoms. The summed E-state index contributed by atoms with van der Waals surface area (Å²) in [6.07, 6.45) is 3.41. The molecule has 1 rings (SSSR count). The fraction of sp³-hybridized carbons (Fsp3) is 0.923. The largest absolute Gasteiger partial charge is 0.355 e. The van der Waals surface area contributed by atoms with Crippen LogP contribution in [0, 0.1) is 0 Å². The number of likely N-dealkylation sites (tertiary alicyclic amines) is 1. The number of hydrogen-bond donors (Lipinski definition) is 2. The van der Waals surface area contributed by atoms with E-state index >= 15 is 0 Å². The Morgan fingerprint density at radius 3 is 2.88 bits per heavy atom. The zero-order valence-corrected chi connectivity index (χ0v) is 11.5. The number of carbonyl (C=O) groups is 1. The first-order chi connectivity index (χ1) is 8.19. The van der Waals surface area contributed by atoms with E-state index in [2.05, 4.69) is 29.4 Å². The van der Waals surface area contributed by atoms with Crippen LogP contribution >= 0.6 is 0 Å². The van der Waals surface area contributed by atoms with Gasteiger partial charge in [-0.2, -0.15) is 0 Å². The lowest BCUT2D eigenvalue weighted by Crippen LogP contribution is -2.53. The summed E-state index contributed by atoms with van der Waals surface area (Å²) in [5.41, 5.74) is 0. The molecule has 1 heterocycles. The van der Waals surface area contributed by atoms with Crippen molar-refractivity contribution in [1.82, 2.24) is 15.5 Å².